The molecule has 1 aromatic rings. The maximum Gasteiger partial charge on any atom is 0.417 e. The van der Waals surface area contributed by atoms with Crippen LogP contribution < -0.4 is 0 Å². The van der Waals surface area contributed by atoms with E-state index < -0.39 is 32.3 Å². The lowest BCUT2D eigenvalue weighted by molar-refractivity contribution is -0.137. The highest BCUT2D eigenvalue weighted by Gasteiger charge is 2.34. The van der Waals surface area contributed by atoms with Gasteiger partial charge in [-0.1, -0.05) is 0 Å². The van der Waals surface area contributed by atoms with Crippen LogP contribution in [0.1, 0.15) is 11.1 Å². The van der Waals surface area contributed by atoms with E-state index >= 15 is 0 Å². The smallest absolute Gasteiger partial charge is 0.282 e. The van der Waals surface area contributed by atoms with Crippen LogP contribution in [0.4, 0.5) is 13.2 Å². The molecule has 0 amide bonds. The van der Waals surface area contributed by atoms with Gasteiger partial charge in [0.1, 0.15) is 0 Å². The Hall–Kier alpha value is -1.30. The van der Waals surface area contributed by atoms with Crippen molar-refractivity contribution < 1.29 is 26.1 Å². The van der Waals surface area contributed by atoms with Gasteiger partial charge in [-0.3, -0.25) is 4.55 Å². The SMILES string of the molecule is Cl.N#Cc1ccc(S(=O)(=O)O)cc1C(F)(F)F. The molecule has 0 saturated heterocycles. The number of hydrogen-bond acceptors (Lipinski definition) is 3. The minimum Gasteiger partial charge on any atom is -0.282 e. The first kappa shape index (κ1) is 15.7. The Balaban J connectivity index is 0.00000256. The molecular formula is C8H5ClF3NO3S. The quantitative estimate of drug-likeness (QED) is 0.804. The van der Waals surface area contributed by atoms with Gasteiger partial charge in [-0.15, -0.1) is 12.4 Å². The fraction of sp³-hybridized carbons (Fsp3) is 0.125. The van der Waals surface area contributed by atoms with Crippen LogP contribution in [0.2, 0.25) is 0 Å². The molecule has 0 aliphatic carbocycles. The highest BCUT2D eigenvalue weighted by Crippen LogP contribution is 2.33. The first-order valence-corrected chi connectivity index (χ1v) is 5.19. The lowest BCUT2D eigenvalue weighted by Gasteiger charge is -2.09. The Morgan fingerprint density at radius 1 is 1.29 bits per heavy atom. The molecule has 1 N–H and O–H groups in total. The zero-order valence-electron chi connectivity index (χ0n) is 7.89. The third kappa shape index (κ3) is 3.59. The number of nitriles is 1. The summed E-state index contributed by atoms with van der Waals surface area (Å²) in [6.07, 6.45) is -4.86. The molecule has 0 bridgehead atoms. The van der Waals surface area contributed by atoms with Gasteiger partial charge in [0.25, 0.3) is 10.1 Å². The molecule has 0 heterocycles. The van der Waals surface area contributed by atoms with Gasteiger partial charge in [-0.05, 0) is 18.2 Å². The molecule has 0 fully saturated rings. The number of halogens is 4. The predicted octanol–water partition coefficient (Wildman–Crippen LogP) is 2.25. The maximum atomic E-state index is 12.4. The molecule has 0 unspecified atom stereocenters. The van der Waals surface area contributed by atoms with Crippen molar-refractivity contribution in [2.45, 2.75) is 11.1 Å². The molecular weight excluding hydrogens is 283 g/mol. The average molecular weight is 288 g/mol. The van der Waals surface area contributed by atoms with Crippen LogP contribution in [-0.2, 0) is 16.3 Å². The van der Waals surface area contributed by atoms with Gasteiger partial charge in [0.2, 0.25) is 0 Å². The molecule has 0 aromatic heterocycles. The first-order chi connectivity index (χ1) is 7.16. The average Bonchev–Trinajstić information content (AvgIpc) is 2.14. The van der Waals surface area contributed by atoms with Gasteiger partial charge in [-0.2, -0.15) is 26.9 Å². The molecule has 0 radical (unpaired) electrons. The van der Waals surface area contributed by atoms with Crippen LogP contribution >= 0.6 is 12.4 Å². The number of hydrogen-bond donors (Lipinski definition) is 1. The Morgan fingerprint density at radius 3 is 2.18 bits per heavy atom. The van der Waals surface area contributed by atoms with Gasteiger partial charge in [0.15, 0.2) is 0 Å². The van der Waals surface area contributed by atoms with Crippen LogP contribution in [0.5, 0.6) is 0 Å². The fourth-order valence-electron chi connectivity index (χ4n) is 1.02. The second-order valence-electron chi connectivity index (χ2n) is 2.79. The maximum absolute atomic E-state index is 12.4. The molecule has 1 aromatic carbocycles. The topological polar surface area (TPSA) is 78.2 Å². The second-order valence-corrected chi connectivity index (χ2v) is 4.21. The fourth-order valence-corrected chi connectivity index (χ4v) is 1.52. The molecule has 0 aliphatic rings. The number of alkyl halides is 3. The highest BCUT2D eigenvalue weighted by atomic mass is 35.5. The molecule has 94 valence electrons. The van der Waals surface area contributed by atoms with Crippen molar-refractivity contribution >= 4 is 22.5 Å². The minimum atomic E-state index is -4.86. The van der Waals surface area contributed by atoms with Crippen LogP contribution in [0, 0.1) is 11.3 Å². The molecule has 0 spiro atoms. The largest absolute Gasteiger partial charge is 0.417 e. The predicted molar refractivity (Wildman–Crippen MR) is 53.2 cm³/mol. The molecule has 1 rings (SSSR count). The summed E-state index contributed by atoms with van der Waals surface area (Å²) in [5.41, 5.74) is -2.11. The summed E-state index contributed by atoms with van der Waals surface area (Å²) in [5, 5.41) is 8.41. The minimum absolute atomic E-state index is 0. The summed E-state index contributed by atoms with van der Waals surface area (Å²) < 4.78 is 66.9. The third-order valence-corrected chi connectivity index (χ3v) is 2.56. The molecule has 9 heteroatoms. The van der Waals surface area contributed by atoms with Crippen molar-refractivity contribution in [2.75, 3.05) is 0 Å². The zero-order valence-corrected chi connectivity index (χ0v) is 9.53. The Bertz CT molecular complexity index is 562. The van der Waals surface area contributed by atoms with Crippen LogP contribution in [-0.4, -0.2) is 13.0 Å². The third-order valence-electron chi connectivity index (χ3n) is 1.71. The van der Waals surface area contributed by atoms with E-state index in [9.17, 15) is 21.6 Å². The summed E-state index contributed by atoms with van der Waals surface area (Å²) in [7, 11) is -4.72. The van der Waals surface area contributed by atoms with Gasteiger partial charge >= 0.3 is 6.18 Å². The lowest BCUT2D eigenvalue weighted by Crippen LogP contribution is -2.10. The van der Waals surface area contributed by atoms with E-state index in [1.54, 1.807) is 0 Å². The van der Waals surface area contributed by atoms with E-state index in [4.69, 9.17) is 9.81 Å². The molecule has 4 nitrogen and oxygen atoms in total. The van der Waals surface area contributed by atoms with Crippen molar-refractivity contribution in [3.8, 4) is 6.07 Å². The number of benzene rings is 1. The van der Waals surface area contributed by atoms with Crippen molar-refractivity contribution in [3.63, 3.8) is 0 Å². The molecule has 17 heavy (non-hydrogen) atoms. The monoisotopic (exact) mass is 287 g/mol. The van der Waals surface area contributed by atoms with Crippen LogP contribution in [0.25, 0.3) is 0 Å². The van der Waals surface area contributed by atoms with Gasteiger partial charge in [-0.25, -0.2) is 0 Å². The van der Waals surface area contributed by atoms with E-state index in [1.807, 2.05) is 0 Å². The van der Waals surface area contributed by atoms with Crippen molar-refractivity contribution in [3.05, 3.63) is 29.3 Å². The second kappa shape index (κ2) is 4.91. The Kier molecular flexibility index (Phi) is 4.54. The standard InChI is InChI=1S/C8H4F3NO3S.ClH/c9-8(10,11)7-3-6(16(13,14)15)2-1-5(7)4-12;/h1-3H,(H,13,14,15);1H. The summed E-state index contributed by atoms with van der Waals surface area (Å²) >= 11 is 0. The lowest BCUT2D eigenvalue weighted by atomic mass is 10.1. The van der Waals surface area contributed by atoms with Gasteiger partial charge in [0, 0.05) is 0 Å². The van der Waals surface area contributed by atoms with E-state index in [0.29, 0.717) is 6.07 Å². The summed E-state index contributed by atoms with van der Waals surface area (Å²) in [5.74, 6) is 0. The van der Waals surface area contributed by atoms with Crippen molar-refractivity contribution in [1.82, 2.24) is 0 Å². The van der Waals surface area contributed by atoms with E-state index in [0.717, 1.165) is 6.07 Å². The summed E-state index contributed by atoms with van der Waals surface area (Å²) in [6.45, 7) is 0. The molecule has 0 atom stereocenters. The van der Waals surface area contributed by atoms with E-state index in [1.165, 1.54) is 6.07 Å². The van der Waals surface area contributed by atoms with Crippen LogP contribution in [0.15, 0.2) is 23.1 Å². The molecule has 0 aliphatic heterocycles. The van der Waals surface area contributed by atoms with Gasteiger partial charge < -0.3 is 0 Å². The van der Waals surface area contributed by atoms with Crippen molar-refractivity contribution in [2.24, 2.45) is 0 Å². The van der Waals surface area contributed by atoms with Crippen molar-refractivity contribution in [1.29, 1.82) is 5.26 Å². The van der Waals surface area contributed by atoms with E-state index in [2.05, 4.69) is 0 Å². The zero-order chi connectivity index (χ0) is 12.6. The normalized spacial score (nSPS) is 11.5. The highest BCUT2D eigenvalue weighted by molar-refractivity contribution is 7.85. The van der Waals surface area contributed by atoms with Crippen LogP contribution in [0.3, 0.4) is 0 Å². The number of nitrogens with zero attached hydrogens (tertiary/aromatic N) is 1. The summed E-state index contributed by atoms with van der Waals surface area (Å²) in [4.78, 5) is -0.904. The Labute approximate surface area is 101 Å². The summed E-state index contributed by atoms with van der Waals surface area (Å²) in [6, 6.07) is 2.91. The Morgan fingerprint density at radius 2 is 1.82 bits per heavy atom. The van der Waals surface area contributed by atoms with E-state index in [-0.39, 0.29) is 18.5 Å². The number of rotatable bonds is 1. The first-order valence-electron chi connectivity index (χ1n) is 3.75. The molecule has 0 saturated carbocycles. The van der Waals surface area contributed by atoms with Gasteiger partial charge in [0.05, 0.1) is 22.1 Å².